The SMILES string of the molecule is COCCNCCCCOC(C)CC(C)C. The minimum atomic E-state index is 0.404. The molecule has 0 fully saturated rings. The summed E-state index contributed by atoms with van der Waals surface area (Å²) in [6.45, 7) is 10.3. The standard InChI is InChI=1S/C13H29NO2/c1-12(2)11-13(3)16-9-6-5-7-14-8-10-15-4/h12-14H,5-11H2,1-4H3. The molecule has 0 rings (SSSR count). The monoisotopic (exact) mass is 231 g/mol. The molecule has 0 aliphatic carbocycles. The average molecular weight is 231 g/mol. The molecule has 0 heterocycles. The summed E-state index contributed by atoms with van der Waals surface area (Å²) in [7, 11) is 1.73. The summed E-state index contributed by atoms with van der Waals surface area (Å²) in [5.74, 6) is 0.728. The van der Waals surface area contributed by atoms with E-state index >= 15 is 0 Å². The molecule has 0 saturated carbocycles. The van der Waals surface area contributed by atoms with Gasteiger partial charge in [0.2, 0.25) is 0 Å². The van der Waals surface area contributed by atoms with Crippen LogP contribution in [0.2, 0.25) is 0 Å². The van der Waals surface area contributed by atoms with Crippen LogP contribution in [0.3, 0.4) is 0 Å². The lowest BCUT2D eigenvalue weighted by Crippen LogP contribution is -2.20. The molecule has 1 atom stereocenters. The molecule has 3 nitrogen and oxygen atoms in total. The third-order valence-corrected chi connectivity index (χ3v) is 2.44. The van der Waals surface area contributed by atoms with Crippen LogP contribution >= 0.6 is 0 Å². The van der Waals surface area contributed by atoms with E-state index in [0.717, 1.165) is 45.1 Å². The lowest BCUT2D eigenvalue weighted by atomic mass is 10.1. The Labute approximate surface area is 101 Å². The molecule has 16 heavy (non-hydrogen) atoms. The van der Waals surface area contributed by atoms with Crippen LogP contribution in [0.5, 0.6) is 0 Å². The van der Waals surface area contributed by atoms with Crippen molar-refractivity contribution < 1.29 is 9.47 Å². The number of methoxy groups -OCH3 is 1. The third-order valence-electron chi connectivity index (χ3n) is 2.44. The molecule has 0 bridgehead atoms. The van der Waals surface area contributed by atoms with Crippen LogP contribution in [0.1, 0.15) is 40.0 Å². The Balaban J connectivity index is 3.08. The summed E-state index contributed by atoms with van der Waals surface area (Å²) in [6, 6.07) is 0. The largest absolute Gasteiger partial charge is 0.383 e. The maximum atomic E-state index is 5.73. The lowest BCUT2D eigenvalue weighted by Gasteiger charge is -2.15. The number of hydrogen-bond acceptors (Lipinski definition) is 3. The Hall–Kier alpha value is -0.120. The van der Waals surface area contributed by atoms with Gasteiger partial charge in [0.25, 0.3) is 0 Å². The molecule has 0 aromatic rings. The Kier molecular flexibility index (Phi) is 11.3. The predicted octanol–water partition coefficient (Wildman–Crippen LogP) is 2.45. The van der Waals surface area contributed by atoms with E-state index in [1.807, 2.05) is 0 Å². The normalized spacial score (nSPS) is 13.3. The van der Waals surface area contributed by atoms with Gasteiger partial charge in [-0.2, -0.15) is 0 Å². The highest BCUT2D eigenvalue weighted by Gasteiger charge is 2.04. The highest BCUT2D eigenvalue weighted by atomic mass is 16.5. The molecule has 3 heteroatoms. The summed E-state index contributed by atoms with van der Waals surface area (Å²) in [5, 5.41) is 3.33. The van der Waals surface area contributed by atoms with Gasteiger partial charge in [-0.3, -0.25) is 0 Å². The van der Waals surface area contributed by atoms with Crippen LogP contribution in [-0.4, -0.2) is 39.5 Å². The molecule has 0 aliphatic rings. The minimum absolute atomic E-state index is 0.404. The molecule has 0 aromatic carbocycles. The van der Waals surface area contributed by atoms with Gasteiger partial charge in [0.1, 0.15) is 0 Å². The zero-order chi connectivity index (χ0) is 12.2. The molecule has 0 spiro atoms. The van der Waals surface area contributed by atoms with Crippen molar-refractivity contribution in [2.75, 3.05) is 33.4 Å². The van der Waals surface area contributed by atoms with Gasteiger partial charge in [-0.25, -0.2) is 0 Å². The topological polar surface area (TPSA) is 30.5 Å². The van der Waals surface area contributed by atoms with Crippen LogP contribution in [0.25, 0.3) is 0 Å². The van der Waals surface area contributed by atoms with Gasteiger partial charge in [-0.05, 0) is 38.6 Å². The molecule has 1 unspecified atom stereocenters. The molecule has 0 aromatic heterocycles. The first-order chi connectivity index (χ1) is 7.66. The number of hydrogen-bond donors (Lipinski definition) is 1. The van der Waals surface area contributed by atoms with Crippen molar-refractivity contribution in [2.45, 2.75) is 46.1 Å². The summed E-state index contributed by atoms with van der Waals surface area (Å²) in [5.41, 5.74) is 0. The lowest BCUT2D eigenvalue weighted by molar-refractivity contribution is 0.0497. The molecule has 0 radical (unpaired) electrons. The van der Waals surface area contributed by atoms with Crippen molar-refractivity contribution in [3.8, 4) is 0 Å². The van der Waals surface area contributed by atoms with Gasteiger partial charge in [0.15, 0.2) is 0 Å². The van der Waals surface area contributed by atoms with Crippen molar-refractivity contribution in [2.24, 2.45) is 5.92 Å². The summed E-state index contributed by atoms with van der Waals surface area (Å²) < 4.78 is 10.7. The zero-order valence-corrected chi connectivity index (χ0v) is 11.4. The van der Waals surface area contributed by atoms with Crippen LogP contribution in [-0.2, 0) is 9.47 Å². The molecular formula is C13H29NO2. The quantitative estimate of drug-likeness (QED) is 0.554. The molecule has 0 aliphatic heterocycles. The zero-order valence-electron chi connectivity index (χ0n) is 11.4. The number of rotatable bonds is 11. The molecule has 0 saturated heterocycles. The van der Waals surface area contributed by atoms with Gasteiger partial charge < -0.3 is 14.8 Å². The first-order valence-electron chi connectivity index (χ1n) is 6.48. The Bertz CT molecular complexity index is 140. The van der Waals surface area contributed by atoms with Gasteiger partial charge >= 0.3 is 0 Å². The fourth-order valence-electron chi connectivity index (χ4n) is 1.67. The summed E-state index contributed by atoms with van der Waals surface area (Å²) in [4.78, 5) is 0. The van der Waals surface area contributed by atoms with Gasteiger partial charge in [-0.1, -0.05) is 13.8 Å². The van der Waals surface area contributed by atoms with E-state index < -0.39 is 0 Å². The number of ether oxygens (including phenoxy) is 2. The maximum Gasteiger partial charge on any atom is 0.0587 e. The van der Waals surface area contributed by atoms with Crippen molar-refractivity contribution in [1.82, 2.24) is 5.32 Å². The minimum Gasteiger partial charge on any atom is -0.383 e. The molecule has 0 amide bonds. The van der Waals surface area contributed by atoms with Crippen molar-refractivity contribution >= 4 is 0 Å². The maximum absolute atomic E-state index is 5.73. The van der Waals surface area contributed by atoms with E-state index in [4.69, 9.17) is 9.47 Å². The third kappa shape index (κ3) is 12.0. The molecule has 1 N–H and O–H groups in total. The Morgan fingerprint density at radius 3 is 2.38 bits per heavy atom. The van der Waals surface area contributed by atoms with E-state index in [9.17, 15) is 0 Å². The average Bonchev–Trinajstić information content (AvgIpc) is 2.21. The van der Waals surface area contributed by atoms with Gasteiger partial charge in [-0.15, -0.1) is 0 Å². The smallest absolute Gasteiger partial charge is 0.0587 e. The Morgan fingerprint density at radius 2 is 1.75 bits per heavy atom. The van der Waals surface area contributed by atoms with Crippen molar-refractivity contribution in [3.05, 3.63) is 0 Å². The van der Waals surface area contributed by atoms with Crippen molar-refractivity contribution in [1.29, 1.82) is 0 Å². The second kappa shape index (κ2) is 11.4. The second-order valence-corrected chi connectivity index (χ2v) is 4.76. The van der Waals surface area contributed by atoms with E-state index in [0.29, 0.717) is 6.10 Å². The summed E-state index contributed by atoms with van der Waals surface area (Å²) >= 11 is 0. The molecular weight excluding hydrogens is 202 g/mol. The number of unbranched alkanes of at least 4 members (excludes halogenated alkanes) is 1. The first-order valence-corrected chi connectivity index (χ1v) is 6.48. The second-order valence-electron chi connectivity index (χ2n) is 4.76. The molecule has 98 valence electrons. The van der Waals surface area contributed by atoms with Gasteiger partial charge in [0, 0.05) is 20.3 Å². The highest BCUT2D eigenvalue weighted by Crippen LogP contribution is 2.07. The van der Waals surface area contributed by atoms with Gasteiger partial charge in [0.05, 0.1) is 12.7 Å². The van der Waals surface area contributed by atoms with Crippen LogP contribution < -0.4 is 5.32 Å². The van der Waals surface area contributed by atoms with E-state index in [1.165, 1.54) is 6.42 Å². The first kappa shape index (κ1) is 15.9. The van der Waals surface area contributed by atoms with Crippen LogP contribution in [0.4, 0.5) is 0 Å². The Morgan fingerprint density at radius 1 is 1.00 bits per heavy atom. The number of nitrogens with one attached hydrogen (secondary N) is 1. The van der Waals surface area contributed by atoms with E-state index in [2.05, 4.69) is 26.1 Å². The van der Waals surface area contributed by atoms with E-state index in [1.54, 1.807) is 7.11 Å². The summed E-state index contributed by atoms with van der Waals surface area (Å²) in [6.07, 6.45) is 3.88. The predicted molar refractivity (Wildman–Crippen MR) is 68.8 cm³/mol. The fraction of sp³-hybridized carbons (Fsp3) is 1.00. The highest BCUT2D eigenvalue weighted by molar-refractivity contribution is 4.54. The van der Waals surface area contributed by atoms with Crippen LogP contribution in [0.15, 0.2) is 0 Å². The van der Waals surface area contributed by atoms with E-state index in [-0.39, 0.29) is 0 Å². The van der Waals surface area contributed by atoms with Crippen molar-refractivity contribution in [3.63, 3.8) is 0 Å². The fourth-order valence-corrected chi connectivity index (χ4v) is 1.67. The van der Waals surface area contributed by atoms with Crippen LogP contribution in [0, 0.1) is 5.92 Å².